The van der Waals surface area contributed by atoms with Gasteiger partial charge in [-0.1, -0.05) is 37.0 Å². The van der Waals surface area contributed by atoms with Gasteiger partial charge < -0.3 is 0 Å². The molecule has 1 aromatic rings. The lowest BCUT2D eigenvalue weighted by Gasteiger charge is -2.02. The molecule has 0 unspecified atom stereocenters. The molecule has 0 fully saturated rings. The average Bonchev–Trinajstić information content (AvgIpc) is 2.44. The van der Waals surface area contributed by atoms with Gasteiger partial charge in [0.2, 0.25) is 0 Å². The molecule has 0 amide bonds. The van der Waals surface area contributed by atoms with E-state index in [4.69, 9.17) is 23.2 Å². The van der Waals surface area contributed by atoms with Gasteiger partial charge in [-0.15, -0.1) is 11.3 Å². The van der Waals surface area contributed by atoms with Crippen LogP contribution in [0.3, 0.4) is 0 Å². The molecule has 15 heavy (non-hydrogen) atoms. The van der Waals surface area contributed by atoms with E-state index in [9.17, 15) is 9.59 Å². The van der Waals surface area contributed by atoms with Crippen LogP contribution in [0.15, 0.2) is 6.07 Å². The first-order chi connectivity index (χ1) is 6.91. The van der Waals surface area contributed by atoms with E-state index < -0.39 is 0 Å². The first kappa shape index (κ1) is 12.7. The lowest BCUT2D eigenvalue weighted by molar-refractivity contribution is -0.121. The minimum absolute atomic E-state index is 0.0848. The molecule has 1 rings (SSSR count). The Labute approximate surface area is 102 Å². The SMILES string of the molecule is CC(C)C(=O)CC(=O)c1cc(Cl)sc1Cl. The van der Waals surface area contributed by atoms with E-state index >= 15 is 0 Å². The van der Waals surface area contributed by atoms with Gasteiger partial charge in [0.1, 0.15) is 10.1 Å². The van der Waals surface area contributed by atoms with Gasteiger partial charge in [0.05, 0.1) is 10.8 Å². The molecule has 82 valence electrons. The third kappa shape index (κ3) is 3.30. The van der Waals surface area contributed by atoms with Crippen molar-refractivity contribution >= 4 is 46.1 Å². The van der Waals surface area contributed by atoms with Crippen molar-refractivity contribution in [2.75, 3.05) is 0 Å². The van der Waals surface area contributed by atoms with Gasteiger partial charge in [-0.05, 0) is 6.07 Å². The third-order valence-corrected chi connectivity index (χ3v) is 3.42. The van der Waals surface area contributed by atoms with Crippen LogP contribution in [0.2, 0.25) is 8.67 Å². The second kappa shape index (κ2) is 5.10. The zero-order chi connectivity index (χ0) is 11.6. The van der Waals surface area contributed by atoms with E-state index in [0.29, 0.717) is 14.2 Å². The van der Waals surface area contributed by atoms with Crippen molar-refractivity contribution < 1.29 is 9.59 Å². The largest absolute Gasteiger partial charge is 0.299 e. The molecule has 5 heteroatoms. The Hall–Kier alpha value is -0.380. The van der Waals surface area contributed by atoms with E-state index in [1.54, 1.807) is 13.8 Å². The summed E-state index contributed by atoms with van der Waals surface area (Å²) >= 11 is 12.6. The Morgan fingerprint density at radius 1 is 1.40 bits per heavy atom. The normalized spacial score (nSPS) is 10.7. The van der Waals surface area contributed by atoms with Gasteiger partial charge in [0, 0.05) is 11.5 Å². The maximum Gasteiger partial charge on any atom is 0.172 e. The fraction of sp³-hybridized carbons (Fsp3) is 0.400. The number of thiophene rings is 1. The molecule has 0 bridgehead atoms. The molecule has 0 N–H and O–H groups in total. The van der Waals surface area contributed by atoms with Gasteiger partial charge in [-0.25, -0.2) is 0 Å². The van der Waals surface area contributed by atoms with Gasteiger partial charge in [0.15, 0.2) is 5.78 Å². The van der Waals surface area contributed by atoms with Crippen molar-refractivity contribution in [1.82, 2.24) is 0 Å². The maximum atomic E-state index is 11.6. The van der Waals surface area contributed by atoms with Crippen LogP contribution in [0.4, 0.5) is 0 Å². The Morgan fingerprint density at radius 2 is 2.00 bits per heavy atom. The van der Waals surface area contributed by atoms with Crippen molar-refractivity contribution in [3.63, 3.8) is 0 Å². The number of carbonyl (C=O) groups excluding carboxylic acids is 2. The van der Waals surface area contributed by atoms with Crippen LogP contribution in [0.1, 0.15) is 30.6 Å². The molecule has 0 atom stereocenters. The van der Waals surface area contributed by atoms with E-state index in [0.717, 1.165) is 11.3 Å². The van der Waals surface area contributed by atoms with E-state index in [2.05, 4.69) is 0 Å². The molecule has 0 aliphatic rings. The molecule has 0 aliphatic carbocycles. The van der Waals surface area contributed by atoms with Gasteiger partial charge in [-0.3, -0.25) is 9.59 Å². The highest BCUT2D eigenvalue weighted by Crippen LogP contribution is 2.32. The minimum Gasteiger partial charge on any atom is -0.299 e. The first-order valence-corrected chi connectivity index (χ1v) is 5.99. The van der Waals surface area contributed by atoms with Crippen LogP contribution in [0.5, 0.6) is 0 Å². The number of rotatable bonds is 4. The van der Waals surface area contributed by atoms with Crippen LogP contribution in [-0.4, -0.2) is 11.6 Å². The molecule has 0 spiro atoms. The molecule has 0 saturated heterocycles. The third-order valence-electron chi connectivity index (χ3n) is 1.94. The number of carbonyl (C=O) groups is 2. The minimum atomic E-state index is -0.262. The highest BCUT2D eigenvalue weighted by molar-refractivity contribution is 7.20. The number of hydrogen-bond acceptors (Lipinski definition) is 3. The topological polar surface area (TPSA) is 34.1 Å². The van der Waals surface area contributed by atoms with E-state index in [-0.39, 0.29) is 23.9 Å². The molecule has 0 radical (unpaired) electrons. The summed E-state index contributed by atoms with van der Waals surface area (Å²) < 4.78 is 0.807. The fourth-order valence-corrected chi connectivity index (χ4v) is 2.49. The van der Waals surface area contributed by atoms with Crippen molar-refractivity contribution in [3.05, 3.63) is 20.3 Å². The van der Waals surface area contributed by atoms with Crippen LogP contribution in [-0.2, 0) is 4.79 Å². The van der Waals surface area contributed by atoms with Crippen LogP contribution < -0.4 is 0 Å². The predicted molar refractivity (Wildman–Crippen MR) is 63.1 cm³/mol. The molecular weight excluding hydrogens is 255 g/mol. The second-order valence-corrected chi connectivity index (χ2v) is 5.74. The molecule has 0 aromatic carbocycles. The highest BCUT2D eigenvalue weighted by Gasteiger charge is 2.18. The zero-order valence-electron chi connectivity index (χ0n) is 8.34. The predicted octanol–water partition coefficient (Wildman–Crippen LogP) is 3.85. The molecule has 1 aromatic heterocycles. The summed E-state index contributed by atoms with van der Waals surface area (Å²) in [6.07, 6.45) is -0.107. The van der Waals surface area contributed by atoms with Crippen LogP contribution in [0, 0.1) is 5.92 Å². The maximum absolute atomic E-state index is 11.6. The summed E-state index contributed by atoms with van der Waals surface area (Å²) in [5.74, 6) is -0.484. The molecule has 1 heterocycles. The van der Waals surface area contributed by atoms with Gasteiger partial charge in [0.25, 0.3) is 0 Å². The second-order valence-electron chi connectivity index (χ2n) is 3.46. The van der Waals surface area contributed by atoms with Gasteiger partial charge in [-0.2, -0.15) is 0 Å². The molecular formula is C10H10Cl2O2S. The molecule has 0 aliphatic heterocycles. The molecule has 0 saturated carbocycles. The number of Topliss-reactive ketones (excluding diaryl/α,β-unsaturated/α-hetero) is 2. The Balaban J connectivity index is 2.78. The Morgan fingerprint density at radius 3 is 2.40 bits per heavy atom. The summed E-state index contributed by atoms with van der Waals surface area (Å²) in [6, 6.07) is 1.50. The smallest absolute Gasteiger partial charge is 0.172 e. The Kier molecular flexibility index (Phi) is 4.32. The van der Waals surface area contributed by atoms with Crippen LogP contribution in [0.25, 0.3) is 0 Å². The monoisotopic (exact) mass is 264 g/mol. The summed E-state index contributed by atoms with van der Waals surface area (Å²) in [6.45, 7) is 3.52. The lowest BCUT2D eigenvalue weighted by Crippen LogP contribution is -2.13. The summed E-state index contributed by atoms with van der Waals surface area (Å²) in [5, 5.41) is 0. The summed E-state index contributed by atoms with van der Waals surface area (Å²) in [4.78, 5) is 23.0. The fourth-order valence-electron chi connectivity index (χ4n) is 0.988. The quantitative estimate of drug-likeness (QED) is 0.612. The zero-order valence-corrected chi connectivity index (χ0v) is 10.7. The van der Waals surface area contributed by atoms with Gasteiger partial charge >= 0.3 is 0 Å². The lowest BCUT2D eigenvalue weighted by atomic mass is 10.0. The van der Waals surface area contributed by atoms with Crippen molar-refractivity contribution in [3.8, 4) is 0 Å². The number of hydrogen-bond donors (Lipinski definition) is 0. The average molecular weight is 265 g/mol. The summed E-state index contributed by atoms with van der Waals surface area (Å²) in [5.41, 5.74) is 0.348. The van der Waals surface area contributed by atoms with Crippen molar-refractivity contribution in [2.24, 2.45) is 5.92 Å². The molecule has 2 nitrogen and oxygen atoms in total. The van der Waals surface area contributed by atoms with E-state index in [1.165, 1.54) is 6.07 Å². The summed E-state index contributed by atoms with van der Waals surface area (Å²) in [7, 11) is 0. The first-order valence-electron chi connectivity index (χ1n) is 4.42. The van der Waals surface area contributed by atoms with Crippen molar-refractivity contribution in [1.29, 1.82) is 0 Å². The number of halogens is 2. The van der Waals surface area contributed by atoms with E-state index in [1.807, 2.05) is 0 Å². The Bertz CT molecular complexity index is 396. The number of ketones is 2. The highest BCUT2D eigenvalue weighted by atomic mass is 35.5. The van der Waals surface area contributed by atoms with Crippen LogP contribution >= 0.6 is 34.5 Å². The van der Waals surface area contributed by atoms with Crippen molar-refractivity contribution in [2.45, 2.75) is 20.3 Å². The standard InChI is InChI=1S/C10H10Cl2O2S/c1-5(2)7(13)4-8(14)6-3-9(11)15-10(6)12/h3,5H,4H2,1-2H3.